The van der Waals surface area contributed by atoms with Gasteiger partial charge in [0.15, 0.2) is 0 Å². The molecule has 3 aromatic carbocycles. The summed E-state index contributed by atoms with van der Waals surface area (Å²) in [5, 5.41) is 3.57. The molecule has 5 heteroatoms. The molecule has 1 aliphatic heterocycles. The van der Waals surface area contributed by atoms with E-state index in [1.807, 2.05) is 48.5 Å². The monoisotopic (exact) mass is 326 g/mol. The number of carbonyl (C=O) groups excluding carboxylic acids is 2. The van der Waals surface area contributed by atoms with Gasteiger partial charge in [0.1, 0.15) is 0 Å². The van der Waals surface area contributed by atoms with Gasteiger partial charge in [0.2, 0.25) is 0 Å². The highest BCUT2D eigenvalue weighted by atomic mass is 16.6. The number of hydrogen-bond acceptors (Lipinski definition) is 3. The van der Waals surface area contributed by atoms with Crippen molar-refractivity contribution in [1.82, 2.24) is 9.97 Å². The summed E-state index contributed by atoms with van der Waals surface area (Å²) in [4.78, 5) is 31.5. The van der Waals surface area contributed by atoms with Crippen molar-refractivity contribution in [3.63, 3.8) is 0 Å². The Morgan fingerprint density at radius 2 is 1.20 bits per heavy atom. The van der Waals surface area contributed by atoms with E-state index in [2.05, 4.69) is 9.97 Å². The maximum absolute atomic E-state index is 12.4. The third kappa shape index (κ3) is 1.39. The van der Waals surface area contributed by atoms with Crippen LogP contribution >= 0.6 is 0 Å². The van der Waals surface area contributed by atoms with Crippen molar-refractivity contribution in [2.24, 2.45) is 0 Å². The molecule has 2 N–H and O–H groups in total. The molecule has 2 aromatic heterocycles. The van der Waals surface area contributed by atoms with Crippen LogP contribution in [-0.2, 0) is 4.74 Å². The molecule has 5 nitrogen and oxygen atoms in total. The van der Waals surface area contributed by atoms with Crippen molar-refractivity contribution in [2.75, 3.05) is 0 Å². The van der Waals surface area contributed by atoms with Crippen LogP contribution in [0.25, 0.3) is 43.6 Å². The number of hydrogen-bond donors (Lipinski definition) is 2. The van der Waals surface area contributed by atoms with Gasteiger partial charge in [-0.1, -0.05) is 36.4 Å². The fourth-order valence-corrected chi connectivity index (χ4v) is 4.02. The van der Waals surface area contributed by atoms with Crippen molar-refractivity contribution in [2.45, 2.75) is 0 Å². The number of esters is 2. The summed E-state index contributed by atoms with van der Waals surface area (Å²) in [5.41, 5.74) is 4.00. The summed E-state index contributed by atoms with van der Waals surface area (Å²) in [6, 6.07) is 15.6. The normalized spacial score (nSPS) is 14.1. The van der Waals surface area contributed by atoms with Crippen LogP contribution in [0.4, 0.5) is 0 Å². The first-order valence-corrected chi connectivity index (χ1v) is 7.97. The van der Waals surface area contributed by atoms with Crippen LogP contribution < -0.4 is 0 Å². The second-order valence-electron chi connectivity index (χ2n) is 6.27. The summed E-state index contributed by atoms with van der Waals surface area (Å²) in [5.74, 6) is -1.18. The van der Waals surface area contributed by atoms with Crippen LogP contribution in [0.15, 0.2) is 48.5 Å². The first-order valence-electron chi connectivity index (χ1n) is 7.97. The summed E-state index contributed by atoms with van der Waals surface area (Å²) in [6.07, 6.45) is 0. The number of rotatable bonds is 0. The number of H-pyrrole nitrogens is 2. The van der Waals surface area contributed by atoms with Gasteiger partial charge in [-0.05, 0) is 12.1 Å². The molecular weight excluding hydrogens is 316 g/mol. The first-order chi connectivity index (χ1) is 12.2. The Hall–Kier alpha value is -3.60. The second-order valence-corrected chi connectivity index (χ2v) is 6.27. The summed E-state index contributed by atoms with van der Waals surface area (Å²) < 4.78 is 4.95. The van der Waals surface area contributed by atoms with Crippen LogP contribution in [0.3, 0.4) is 0 Å². The molecule has 0 radical (unpaired) electrons. The van der Waals surface area contributed by atoms with Crippen LogP contribution in [0.2, 0.25) is 0 Å². The Morgan fingerprint density at radius 1 is 0.640 bits per heavy atom. The quantitative estimate of drug-likeness (QED) is 0.330. The van der Waals surface area contributed by atoms with E-state index < -0.39 is 11.9 Å². The highest BCUT2D eigenvalue weighted by Crippen LogP contribution is 2.42. The molecule has 25 heavy (non-hydrogen) atoms. The number of benzene rings is 3. The minimum atomic E-state index is -0.594. The number of nitrogens with one attached hydrogen (secondary N) is 2. The maximum Gasteiger partial charge on any atom is 0.349 e. The standard InChI is InChI=1S/C20H10N2O3/c23-19-15-13-9-5-1-3-7-11(9)21-17(13)14-10-6-2-4-8-12(10)22-18(14)16(15)20(24)25-19/h1-8,21-22H. The number of aromatic amines is 2. The summed E-state index contributed by atoms with van der Waals surface area (Å²) in [7, 11) is 0. The average molecular weight is 326 g/mol. The van der Waals surface area contributed by atoms with Gasteiger partial charge in [0, 0.05) is 32.6 Å². The SMILES string of the molecule is O=C1OC(=O)c2c1c1[nH]c3ccccc3c1c1[nH]c3ccccc3c21. The molecule has 0 amide bonds. The predicted molar refractivity (Wildman–Crippen MR) is 94.9 cm³/mol. The highest BCUT2D eigenvalue weighted by Gasteiger charge is 2.36. The predicted octanol–water partition coefficient (Wildman–Crippen LogP) is 4.27. The average Bonchev–Trinajstić information content (AvgIpc) is 3.26. The molecule has 5 aromatic rings. The first kappa shape index (κ1) is 12.8. The number of cyclic esters (lactones) is 2. The minimum Gasteiger partial charge on any atom is -0.386 e. The van der Waals surface area contributed by atoms with E-state index in [4.69, 9.17) is 4.74 Å². The molecule has 0 unspecified atom stereocenters. The number of ether oxygens (including phenoxy) is 1. The third-order valence-corrected chi connectivity index (χ3v) is 5.01. The number of carbonyl (C=O) groups is 2. The lowest BCUT2D eigenvalue weighted by molar-refractivity contribution is 0.0445. The topological polar surface area (TPSA) is 75.0 Å². The Labute approximate surface area is 140 Å². The van der Waals surface area contributed by atoms with E-state index in [0.29, 0.717) is 16.6 Å². The smallest absolute Gasteiger partial charge is 0.349 e. The van der Waals surface area contributed by atoms with E-state index in [-0.39, 0.29) is 0 Å². The molecular formula is C20H10N2O3. The van der Waals surface area contributed by atoms with Crippen LogP contribution in [0.5, 0.6) is 0 Å². The minimum absolute atomic E-state index is 0.327. The molecule has 1 aliphatic rings. The lowest BCUT2D eigenvalue weighted by atomic mass is 9.98. The molecule has 0 aliphatic carbocycles. The molecule has 118 valence electrons. The van der Waals surface area contributed by atoms with Gasteiger partial charge in [-0.2, -0.15) is 0 Å². The Bertz CT molecular complexity index is 1400. The van der Waals surface area contributed by atoms with E-state index in [0.717, 1.165) is 38.1 Å². The number of para-hydroxylation sites is 2. The van der Waals surface area contributed by atoms with E-state index in [1.165, 1.54) is 0 Å². The van der Waals surface area contributed by atoms with Crippen molar-refractivity contribution in [3.05, 3.63) is 59.7 Å². The van der Waals surface area contributed by atoms with Crippen LogP contribution in [0.1, 0.15) is 20.7 Å². The molecule has 0 atom stereocenters. The third-order valence-electron chi connectivity index (χ3n) is 5.01. The zero-order valence-electron chi connectivity index (χ0n) is 12.8. The highest BCUT2D eigenvalue weighted by molar-refractivity contribution is 6.36. The largest absolute Gasteiger partial charge is 0.386 e. The van der Waals surface area contributed by atoms with Gasteiger partial charge >= 0.3 is 11.9 Å². The van der Waals surface area contributed by atoms with Crippen molar-refractivity contribution in [3.8, 4) is 0 Å². The van der Waals surface area contributed by atoms with E-state index in [1.54, 1.807) is 0 Å². The number of aromatic nitrogens is 2. The zero-order chi connectivity index (χ0) is 16.7. The second kappa shape index (κ2) is 4.08. The van der Waals surface area contributed by atoms with Crippen molar-refractivity contribution < 1.29 is 14.3 Å². The van der Waals surface area contributed by atoms with Crippen molar-refractivity contribution in [1.29, 1.82) is 0 Å². The van der Waals surface area contributed by atoms with Crippen molar-refractivity contribution >= 4 is 55.6 Å². The Balaban J connectivity index is 2.04. The lowest BCUT2D eigenvalue weighted by Crippen LogP contribution is -1.97. The Morgan fingerprint density at radius 3 is 1.92 bits per heavy atom. The van der Waals surface area contributed by atoms with Crippen LogP contribution in [0, 0.1) is 0 Å². The molecule has 0 saturated carbocycles. The summed E-state index contributed by atoms with van der Waals surface area (Å²) in [6.45, 7) is 0. The van der Waals surface area contributed by atoms with E-state index >= 15 is 0 Å². The van der Waals surface area contributed by atoms with Gasteiger partial charge < -0.3 is 14.7 Å². The fourth-order valence-electron chi connectivity index (χ4n) is 4.02. The van der Waals surface area contributed by atoms with Gasteiger partial charge in [0.05, 0.1) is 22.2 Å². The van der Waals surface area contributed by atoms with Gasteiger partial charge in [-0.3, -0.25) is 0 Å². The van der Waals surface area contributed by atoms with Gasteiger partial charge in [-0.25, -0.2) is 9.59 Å². The Kier molecular flexibility index (Phi) is 2.08. The molecule has 6 rings (SSSR count). The number of fused-ring (bicyclic) bond motifs is 10. The van der Waals surface area contributed by atoms with Crippen LogP contribution in [-0.4, -0.2) is 21.9 Å². The molecule has 0 spiro atoms. The van der Waals surface area contributed by atoms with E-state index in [9.17, 15) is 9.59 Å². The maximum atomic E-state index is 12.4. The lowest BCUT2D eigenvalue weighted by Gasteiger charge is -2.01. The fraction of sp³-hybridized carbons (Fsp3) is 0. The zero-order valence-corrected chi connectivity index (χ0v) is 12.8. The molecule has 0 saturated heterocycles. The summed E-state index contributed by atoms with van der Waals surface area (Å²) >= 11 is 0. The molecule has 0 fully saturated rings. The van der Waals surface area contributed by atoms with Gasteiger partial charge in [-0.15, -0.1) is 0 Å². The van der Waals surface area contributed by atoms with Gasteiger partial charge in [0.25, 0.3) is 0 Å². The molecule has 0 bridgehead atoms. The molecule has 3 heterocycles.